The summed E-state index contributed by atoms with van der Waals surface area (Å²) in [5.41, 5.74) is 5.63. The number of aromatic amines is 1. The first-order chi connectivity index (χ1) is 15.5. The molecule has 0 radical (unpaired) electrons. The minimum Gasteiger partial charge on any atom is -0.495 e. The summed E-state index contributed by atoms with van der Waals surface area (Å²) >= 11 is 5.92. The monoisotopic (exact) mass is 498 g/mol. The standard InChI is InChI=1S/C20H20ClFN4O6S/c1-9-12(18(23)27)5-6-13(22)16(9)10(2)17(19-24-25-20(28)32-19)26-33(29,30)15-7-4-11(21)8-14(15)31-3/h4-8,10,17,26H,1-3H3,(H2,23,27)(H,25,28). The molecule has 0 saturated heterocycles. The van der Waals surface area contributed by atoms with Gasteiger partial charge < -0.3 is 14.9 Å². The molecule has 2 atom stereocenters. The number of primary amides is 1. The number of ether oxygens (including phenoxy) is 1. The molecule has 0 aliphatic rings. The number of nitrogens with one attached hydrogen (secondary N) is 2. The van der Waals surface area contributed by atoms with E-state index in [4.69, 9.17) is 26.5 Å². The molecule has 0 aliphatic heterocycles. The highest BCUT2D eigenvalue weighted by molar-refractivity contribution is 7.89. The van der Waals surface area contributed by atoms with E-state index >= 15 is 0 Å². The van der Waals surface area contributed by atoms with E-state index in [9.17, 15) is 22.4 Å². The Morgan fingerprint density at radius 3 is 2.61 bits per heavy atom. The van der Waals surface area contributed by atoms with Gasteiger partial charge in [0.15, 0.2) is 0 Å². The molecule has 2 aromatic carbocycles. The van der Waals surface area contributed by atoms with E-state index in [1.165, 1.54) is 45.2 Å². The Labute approximate surface area is 192 Å². The van der Waals surface area contributed by atoms with Gasteiger partial charge in [-0.2, -0.15) is 4.72 Å². The predicted molar refractivity (Wildman–Crippen MR) is 116 cm³/mol. The molecular formula is C20H20ClFN4O6S. The second-order valence-corrected chi connectivity index (χ2v) is 9.25. The summed E-state index contributed by atoms with van der Waals surface area (Å²) in [6.07, 6.45) is 0. The van der Waals surface area contributed by atoms with Crippen LogP contribution in [0.25, 0.3) is 0 Å². The molecule has 0 spiro atoms. The summed E-state index contributed by atoms with van der Waals surface area (Å²) < 4.78 is 53.8. The van der Waals surface area contributed by atoms with E-state index in [2.05, 4.69) is 14.9 Å². The molecule has 1 amide bonds. The van der Waals surface area contributed by atoms with Gasteiger partial charge in [-0.05, 0) is 42.3 Å². The molecule has 0 bridgehead atoms. The maximum atomic E-state index is 14.9. The van der Waals surface area contributed by atoms with Gasteiger partial charge in [0.2, 0.25) is 21.8 Å². The van der Waals surface area contributed by atoms with Crippen LogP contribution in [0.2, 0.25) is 5.02 Å². The number of benzene rings is 2. The molecule has 1 heterocycles. The lowest BCUT2D eigenvalue weighted by Gasteiger charge is -2.25. The van der Waals surface area contributed by atoms with Gasteiger partial charge in [-0.1, -0.05) is 18.5 Å². The molecular weight excluding hydrogens is 479 g/mol. The van der Waals surface area contributed by atoms with Gasteiger partial charge in [0.05, 0.1) is 7.11 Å². The van der Waals surface area contributed by atoms with E-state index in [1.807, 2.05) is 0 Å². The van der Waals surface area contributed by atoms with E-state index in [0.717, 1.165) is 6.07 Å². The normalized spacial score (nSPS) is 13.5. The lowest BCUT2D eigenvalue weighted by atomic mass is 9.87. The molecule has 0 aliphatic carbocycles. The zero-order valence-corrected chi connectivity index (χ0v) is 19.3. The Morgan fingerprint density at radius 1 is 1.33 bits per heavy atom. The summed E-state index contributed by atoms with van der Waals surface area (Å²) in [4.78, 5) is 23.1. The molecule has 33 heavy (non-hydrogen) atoms. The van der Waals surface area contributed by atoms with Gasteiger partial charge in [0.1, 0.15) is 22.5 Å². The Hall–Kier alpha value is -3.22. The number of carbonyl (C=O) groups excluding carboxylic acids is 1. The van der Waals surface area contributed by atoms with Crippen molar-refractivity contribution in [1.82, 2.24) is 14.9 Å². The third-order valence-electron chi connectivity index (χ3n) is 5.10. The highest BCUT2D eigenvalue weighted by Crippen LogP contribution is 2.36. The van der Waals surface area contributed by atoms with Crippen LogP contribution in [0.15, 0.2) is 44.4 Å². The summed E-state index contributed by atoms with van der Waals surface area (Å²) in [6, 6.07) is 4.81. The summed E-state index contributed by atoms with van der Waals surface area (Å²) in [5.74, 6) is -3.81. The van der Waals surface area contributed by atoms with Crippen molar-refractivity contribution in [3.8, 4) is 5.75 Å². The van der Waals surface area contributed by atoms with Crippen molar-refractivity contribution in [1.29, 1.82) is 0 Å². The van der Waals surface area contributed by atoms with Crippen molar-refractivity contribution in [2.24, 2.45) is 5.73 Å². The molecule has 13 heteroatoms. The van der Waals surface area contributed by atoms with Crippen molar-refractivity contribution < 1.29 is 26.8 Å². The number of nitrogens with zero attached hydrogens (tertiary/aromatic N) is 1. The Morgan fingerprint density at radius 2 is 2.03 bits per heavy atom. The third kappa shape index (κ3) is 4.92. The predicted octanol–water partition coefficient (Wildman–Crippen LogP) is 2.39. The summed E-state index contributed by atoms with van der Waals surface area (Å²) in [6.45, 7) is 2.96. The fourth-order valence-corrected chi connectivity index (χ4v) is 5.11. The first kappa shape index (κ1) is 24.4. The van der Waals surface area contributed by atoms with Crippen LogP contribution >= 0.6 is 11.6 Å². The minimum absolute atomic E-state index is 0.00674. The quantitative estimate of drug-likeness (QED) is 0.430. The van der Waals surface area contributed by atoms with Crippen molar-refractivity contribution in [3.05, 3.63) is 74.3 Å². The first-order valence-corrected chi connectivity index (χ1v) is 11.3. The molecule has 0 fully saturated rings. The van der Waals surface area contributed by atoms with Crippen LogP contribution in [0, 0.1) is 12.7 Å². The molecule has 3 aromatic rings. The minimum atomic E-state index is -4.33. The van der Waals surface area contributed by atoms with Crippen molar-refractivity contribution in [2.45, 2.75) is 30.7 Å². The Kier molecular flexibility index (Phi) is 6.91. The van der Waals surface area contributed by atoms with Gasteiger partial charge in [0, 0.05) is 22.6 Å². The number of halogens is 2. The molecule has 176 valence electrons. The molecule has 4 N–H and O–H groups in total. The van der Waals surface area contributed by atoms with Crippen molar-refractivity contribution in [2.75, 3.05) is 7.11 Å². The largest absolute Gasteiger partial charge is 0.495 e. The molecule has 2 unspecified atom stereocenters. The highest BCUT2D eigenvalue weighted by Gasteiger charge is 2.34. The van der Waals surface area contributed by atoms with Gasteiger partial charge >= 0.3 is 5.76 Å². The number of carbonyl (C=O) groups is 1. The topological polar surface area (TPSA) is 157 Å². The lowest BCUT2D eigenvalue weighted by molar-refractivity contribution is 0.0999. The molecule has 3 rings (SSSR count). The van der Waals surface area contributed by atoms with Crippen LogP contribution in [0.3, 0.4) is 0 Å². The number of hydrogen-bond donors (Lipinski definition) is 3. The van der Waals surface area contributed by atoms with Crippen LogP contribution < -0.4 is 20.9 Å². The van der Waals surface area contributed by atoms with E-state index in [0.29, 0.717) is 0 Å². The number of hydrogen-bond acceptors (Lipinski definition) is 7. The lowest BCUT2D eigenvalue weighted by Crippen LogP contribution is -2.33. The highest BCUT2D eigenvalue weighted by atomic mass is 35.5. The fraction of sp³-hybridized carbons (Fsp3) is 0.250. The van der Waals surface area contributed by atoms with Crippen LogP contribution in [0.1, 0.15) is 46.3 Å². The maximum absolute atomic E-state index is 14.9. The van der Waals surface area contributed by atoms with E-state index < -0.39 is 39.5 Å². The number of rotatable bonds is 8. The second-order valence-electron chi connectivity index (χ2n) is 7.13. The number of amides is 1. The zero-order valence-electron chi connectivity index (χ0n) is 17.7. The average molecular weight is 499 g/mol. The van der Waals surface area contributed by atoms with Crippen molar-refractivity contribution in [3.63, 3.8) is 0 Å². The summed E-state index contributed by atoms with van der Waals surface area (Å²) in [7, 11) is -3.06. The molecule has 0 saturated carbocycles. The third-order valence-corrected chi connectivity index (χ3v) is 6.82. The number of nitrogens with two attached hydrogens (primary N) is 1. The van der Waals surface area contributed by atoms with Gasteiger partial charge in [-0.3, -0.25) is 4.79 Å². The number of sulfonamides is 1. The first-order valence-electron chi connectivity index (χ1n) is 9.46. The smallest absolute Gasteiger partial charge is 0.434 e. The molecule has 10 nitrogen and oxygen atoms in total. The second kappa shape index (κ2) is 9.33. The van der Waals surface area contributed by atoms with Crippen LogP contribution in [-0.2, 0) is 10.0 Å². The van der Waals surface area contributed by atoms with Crippen LogP contribution in [0.4, 0.5) is 4.39 Å². The fourth-order valence-electron chi connectivity index (χ4n) is 3.52. The van der Waals surface area contributed by atoms with Crippen LogP contribution in [0.5, 0.6) is 5.75 Å². The maximum Gasteiger partial charge on any atom is 0.434 e. The zero-order chi connectivity index (χ0) is 24.5. The summed E-state index contributed by atoms with van der Waals surface area (Å²) in [5, 5.41) is 6.01. The SMILES string of the molecule is COc1cc(Cl)ccc1S(=O)(=O)NC(c1n[nH]c(=O)o1)C(C)c1c(F)ccc(C(N)=O)c1C. The van der Waals surface area contributed by atoms with Gasteiger partial charge in [0.25, 0.3) is 0 Å². The van der Waals surface area contributed by atoms with Gasteiger partial charge in [-0.15, -0.1) is 5.10 Å². The average Bonchev–Trinajstić information content (AvgIpc) is 3.17. The number of aromatic nitrogens is 2. The Bertz CT molecular complexity index is 1370. The van der Waals surface area contributed by atoms with Gasteiger partial charge in [-0.25, -0.2) is 22.7 Å². The number of methoxy groups -OCH3 is 1. The molecule has 1 aromatic heterocycles. The van der Waals surface area contributed by atoms with E-state index in [-0.39, 0.29) is 38.2 Å². The Balaban J connectivity index is 2.14. The number of H-pyrrole nitrogens is 1. The van der Waals surface area contributed by atoms with Crippen molar-refractivity contribution >= 4 is 27.5 Å². The van der Waals surface area contributed by atoms with E-state index in [1.54, 1.807) is 0 Å². The van der Waals surface area contributed by atoms with Crippen LogP contribution in [-0.4, -0.2) is 31.6 Å².